The van der Waals surface area contributed by atoms with Crippen LogP contribution >= 0.6 is 0 Å². The van der Waals surface area contributed by atoms with E-state index in [1.54, 1.807) is 0 Å². The van der Waals surface area contributed by atoms with E-state index in [9.17, 15) is 15.2 Å². The molecule has 3 atom stereocenters. The second-order valence-corrected chi connectivity index (χ2v) is 6.96. The Morgan fingerprint density at radius 1 is 1.36 bits per heavy atom. The van der Waals surface area contributed by atoms with Gasteiger partial charge < -0.3 is 10.0 Å². The van der Waals surface area contributed by atoms with Crippen LogP contribution in [0.25, 0.3) is 0 Å². The number of aromatic nitrogens is 1. The maximum Gasteiger partial charge on any atom is 0.310 e. The number of anilines is 1. The molecule has 1 aromatic heterocycles. The molecular formula is C16H23N3O3. The fraction of sp³-hybridized carbons (Fsp3) is 0.688. The Bertz CT molecular complexity index is 601. The van der Waals surface area contributed by atoms with Crippen LogP contribution in [0.1, 0.15) is 38.4 Å². The molecule has 1 unspecified atom stereocenters. The summed E-state index contributed by atoms with van der Waals surface area (Å²) in [4.78, 5) is 17.5. The molecule has 6 heteroatoms. The molecule has 1 fully saturated rings. The standard InChI is InChI=1S/C16H23N3O3/c1-10-8-18(9-11(2)16(10,3)20)15-12-5-4-6-13(12)17-7-14(15)19(21)22/h7,10-11,20H,4-6,8-9H2,1-3H3/t10-,11+,16?. The van der Waals surface area contributed by atoms with Crippen molar-refractivity contribution in [2.75, 3.05) is 18.0 Å². The van der Waals surface area contributed by atoms with Gasteiger partial charge in [0.2, 0.25) is 0 Å². The van der Waals surface area contributed by atoms with Crippen LogP contribution in [0.5, 0.6) is 0 Å². The minimum atomic E-state index is -0.735. The van der Waals surface area contributed by atoms with Gasteiger partial charge >= 0.3 is 5.69 Å². The summed E-state index contributed by atoms with van der Waals surface area (Å²) < 4.78 is 0. The smallest absolute Gasteiger partial charge is 0.310 e. The molecule has 0 spiro atoms. The number of hydrogen-bond donors (Lipinski definition) is 1. The summed E-state index contributed by atoms with van der Waals surface area (Å²) in [6, 6.07) is 0. The minimum absolute atomic E-state index is 0.0565. The average molecular weight is 305 g/mol. The monoisotopic (exact) mass is 305 g/mol. The van der Waals surface area contributed by atoms with Crippen molar-refractivity contribution < 1.29 is 10.0 Å². The van der Waals surface area contributed by atoms with Crippen molar-refractivity contribution in [1.29, 1.82) is 0 Å². The minimum Gasteiger partial charge on any atom is -0.389 e. The zero-order valence-electron chi connectivity index (χ0n) is 13.4. The van der Waals surface area contributed by atoms with Gasteiger partial charge in [0, 0.05) is 36.2 Å². The van der Waals surface area contributed by atoms with Gasteiger partial charge in [0.05, 0.1) is 10.5 Å². The van der Waals surface area contributed by atoms with Crippen LogP contribution in [0.2, 0.25) is 0 Å². The van der Waals surface area contributed by atoms with Crippen molar-refractivity contribution in [2.24, 2.45) is 11.8 Å². The van der Waals surface area contributed by atoms with Gasteiger partial charge in [-0.1, -0.05) is 13.8 Å². The molecule has 0 aromatic carbocycles. The van der Waals surface area contributed by atoms with Gasteiger partial charge in [-0.15, -0.1) is 0 Å². The van der Waals surface area contributed by atoms with Crippen LogP contribution < -0.4 is 4.90 Å². The summed E-state index contributed by atoms with van der Waals surface area (Å²) in [5.74, 6) is 0.113. The zero-order valence-corrected chi connectivity index (χ0v) is 13.4. The van der Waals surface area contributed by atoms with Crippen LogP contribution in [-0.4, -0.2) is 33.7 Å². The third kappa shape index (κ3) is 2.26. The number of aliphatic hydroxyl groups is 1. The molecule has 6 nitrogen and oxygen atoms in total. The van der Waals surface area contributed by atoms with E-state index in [2.05, 4.69) is 9.88 Å². The van der Waals surface area contributed by atoms with Crippen molar-refractivity contribution in [2.45, 2.75) is 45.6 Å². The Balaban J connectivity index is 2.05. The third-order valence-electron chi connectivity index (χ3n) is 5.56. The lowest BCUT2D eigenvalue weighted by molar-refractivity contribution is -0.384. The number of pyridine rings is 1. The molecule has 0 radical (unpaired) electrons. The van der Waals surface area contributed by atoms with Gasteiger partial charge in [0.15, 0.2) is 0 Å². The molecule has 1 aliphatic carbocycles. The fourth-order valence-corrected chi connectivity index (χ4v) is 3.74. The Kier molecular flexibility index (Phi) is 3.59. The summed E-state index contributed by atoms with van der Waals surface area (Å²) in [5.41, 5.74) is 2.14. The Morgan fingerprint density at radius 2 is 2.00 bits per heavy atom. The van der Waals surface area contributed by atoms with Crippen molar-refractivity contribution in [3.05, 3.63) is 27.6 Å². The van der Waals surface area contributed by atoms with Gasteiger partial charge in [-0.3, -0.25) is 15.1 Å². The molecule has 0 bridgehead atoms. The summed E-state index contributed by atoms with van der Waals surface area (Å²) >= 11 is 0. The predicted octanol–water partition coefficient (Wildman–Crippen LogP) is 2.32. The quantitative estimate of drug-likeness (QED) is 0.670. The normalized spacial score (nSPS) is 31.2. The number of rotatable bonds is 2. The molecule has 0 saturated carbocycles. The first-order valence-corrected chi connectivity index (χ1v) is 7.94. The topological polar surface area (TPSA) is 79.5 Å². The summed E-state index contributed by atoms with van der Waals surface area (Å²) in [7, 11) is 0. The third-order valence-corrected chi connectivity index (χ3v) is 5.56. The molecule has 0 amide bonds. The highest BCUT2D eigenvalue weighted by Gasteiger charge is 2.42. The molecule has 3 rings (SSSR count). The van der Waals surface area contributed by atoms with Crippen LogP contribution in [-0.2, 0) is 12.8 Å². The number of aryl methyl sites for hydroxylation is 1. The largest absolute Gasteiger partial charge is 0.389 e. The summed E-state index contributed by atoms with van der Waals surface area (Å²) in [5, 5.41) is 22.0. The number of fused-ring (bicyclic) bond motifs is 1. The van der Waals surface area contributed by atoms with Crippen molar-refractivity contribution in [3.63, 3.8) is 0 Å². The van der Waals surface area contributed by atoms with E-state index < -0.39 is 5.60 Å². The lowest BCUT2D eigenvalue weighted by Gasteiger charge is -2.46. The Labute approximate surface area is 130 Å². The highest BCUT2D eigenvalue weighted by molar-refractivity contribution is 5.69. The highest BCUT2D eigenvalue weighted by atomic mass is 16.6. The predicted molar refractivity (Wildman–Crippen MR) is 84.1 cm³/mol. The first-order chi connectivity index (χ1) is 10.3. The number of nitro groups is 1. The maximum absolute atomic E-state index is 11.4. The molecule has 1 saturated heterocycles. The fourth-order valence-electron chi connectivity index (χ4n) is 3.74. The number of hydrogen-bond acceptors (Lipinski definition) is 5. The van der Waals surface area contributed by atoms with Gasteiger partial charge in [-0.25, -0.2) is 0 Å². The SMILES string of the molecule is C[C@@H]1CN(c2c([N+](=O)[O-])cnc3c2CCC3)C[C@H](C)C1(C)O. The average Bonchev–Trinajstić information content (AvgIpc) is 2.91. The maximum atomic E-state index is 11.4. The molecule has 120 valence electrons. The lowest BCUT2D eigenvalue weighted by atomic mass is 9.76. The molecular weight excluding hydrogens is 282 g/mol. The number of piperidine rings is 1. The van der Waals surface area contributed by atoms with Gasteiger partial charge in [0.25, 0.3) is 0 Å². The van der Waals surface area contributed by atoms with Gasteiger partial charge in [-0.2, -0.15) is 0 Å². The molecule has 2 aliphatic rings. The van der Waals surface area contributed by atoms with Gasteiger partial charge in [0.1, 0.15) is 11.9 Å². The van der Waals surface area contributed by atoms with Crippen LogP contribution in [0, 0.1) is 22.0 Å². The van der Waals surface area contributed by atoms with Crippen molar-refractivity contribution >= 4 is 11.4 Å². The summed E-state index contributed by atoms with van der Waals surface area (Å²) in [6.07, 6.45) is 4.17. The Morgan fingerprint density at radius 3 is 2.59 bits per heavy atom. The molecule has 2 heterocycles. The first-order valence-electron chi connectivity index (χ1n) is 7.94. The zero-order chi connectivity index (χ0) is 16.1. The first kappa shape index (κ1) is 15.2. The molecule has 1 aromatic rings. The van der Waals surface area contributed by atoms with E-state index in [-0.39, 0.29) is 22.4 Å². The highest BCUT2D eigenvalue weighted by Crippen LogP contribution is 2.42. The van der Waals surface area contributed by atoms with Crippen LogP contribution in [0.4, 0.5) is 11.4 Å². The second-order valence-electron chi connectivity index (χ2n) is 6.96. The van der Waals surface area contributed by atoms with Crippen LogP contribution in [0.15, 0.2) is 6.20 Å². The van der Waals surface area contributed by atoms with Crippen molar-refractivity contribution in [1.82, 2.24) is 4.98 Å². The summed E-state index contributed by atoms with van der Waals surface area (Å²) in [6.45, 7) is 7.15. The Hall–Kier alpha value is -1.69. The van der Waals surface area contributed by atoms with Crippen molar-refractivity contribution in [3.8, 4) is 0 Å². The van der Waals surface area contributed by atoms with E-state index in [1.807, 2.05) is 20.8 Å². The van der Waals surface area contributed by atoms with E-state index in [0.717, 1.165) is 36.2 Å². The number of nitrogens with zero attached hydrogens (tertiary/aromatic N) is 3. The van der Waals surface area contributed by atoms with E-state index in [1.165, 1.54) is 6.20 Å². The van der Waals surface area contributed by atoms with Gasteiger partial charge in [-0.05, 0) is 26.2 Å². The van der Waals surface area contributed by atoms with E-state index in [4.69, 9.17) is 0 Å². The molecule has 22 heavy (non-hydrogen) atoms. The van der Waals surface area contributed by atoms with E-state index >= 15 is 0 Å². The lowest BCUT2D eigenvalue weighted by Crippen LogP contribution is -2.55. The van der Waals surface area contributed by atoms with Crippen LogP contribution in [0.3, 0.4) is 0 Å². The second kappa shape index (κ2) is 5.19. The molecule has 1 aliphatic heterocycles. The van der Waals surface area contributed by atoms with E-state index in [0.29, 0.717) is 13.1 Å². The molecule has 1 N–H and O–H groups in total.